The van der Waals surface area contributed by atoms with E-state index < -0.39 is 5.97 Å². The summed E-state index contributed by atoms with van der Waals surface area (Å²) < 4.78 is 4.42. The number of hydrogen-bond donors (Lipinski definition) is 0. The molecule has 74 valence electrons. The van der Waals surface area contributed by atoms with Gasteiger partial charge in [-0.1, -0.05) is 25.7 Å². The molecule has 1 aliphatic rings. The van der Waals surface area contributed by atoms with Gasteiger partial charge in [0.1, 0.15) is 0 Å². The molecule has 0 bridgehead atoms. The normalized spacial score (nSPS) is 19.2. The third-order valence-corrected chi connectivity index (χ3v) is 2.61. The topological polar surface area (TPSA) is 43.4 Å². The lowest BCUT2D eigenvalue weighted by atomic mass is 9.95. The van der Waals surface area contributed by atoms with Crippen molar-refractivity contribution in [3.63, 3.8) is 0 Å². The van der Waals surface area contributed by atoms with Crippen LogP contribution in [0.2, 0.25) is 0 Å². The van der Waals surface area contributed by atoms with E-state index in [0.29, 0.717) is 0 Å². The van der Waals surface area contributed by atoms with Crippen LogP contribution in [-0.4, -0.2) is 18.9 Å². The molecule has 0 aliphatic heterocycles. The van der Waals surface area contributed by atoms with Crippen LogP contribution in [0.15, 0.2) is 0 Å². The van der Waals surface area contributed by atoms with Gasteiger partial charge in [0.15, 0.2) is 0 Å². The molecule has 0 aromatic heterocycles. The van der Waals surface area contributed by atoms with Crippen molar-refractivity contribution < 1.29 is 14.3 Å². The van der Waals surface area contributed by atoms with Crippen LogP contribution in [0.5, 0.6) is 0 Å². The van der Waals surface area contributed by atoms with E-state index in [1.807, 2.05) is 0 Å². The first-order valence-corrected chi connectivity index (χ1v) is 4.88. The molecular formula is C10H16O3. The highest BCUT2D eigenvalue weighted by atomic mass is 16.5. The number of Topliss-reactive ketones (excluding diaryl/α,β-unsaturated/α-hetero) is 1. The Bertz CT molecular complexity index is 190. The molecule has 0 N–H and O–H groups in total. The van der Waals surface area contributed by atoms with E-state index >= 15 is 0 Å². The van der Waals surface area contributed by atoms with E-state index in [9.17, 15) is 9.59 Å². The number of ether oxygens (including phenoxy) is 1. The molecule has 0 aromatic carbocycles. The minimum Gasteiger partial charge on any atom is -0.463 e. The second-order valence-corrected chi connectivity index (χ2v) is 3.54. The summed E-state index contributed by atoms with van der Waals surface area (Å²) in [4.78, 5) is 22.4. The van der Waals surface area contributed by atoms with E-state index in [0.717, 1.165) is 25.7 Å². The van der Waals surface area contributed by atoms with Crippen LogP contribution in [0.3, 0.4) is 0 Å². The van der Waals surface area contributed by atoms with Crippen molar-refractivity contribution >= 4 is 11.8 Å². The van der Waals surface area contributed by atoms with Crippen LogP contribution in [0.1, 0.15) is 38.5 Å². The van der Waals surface area contributed by atoms with E-state index in [-0.39, 0.29) is 11.7 Å². The Morgan fingerprint density at radius 2 is 1.62 bits per heavy atom. The summed E-state index contributed by atoms with van der Waals surface area (Å²) in [7, 11) is 1.26. The van der Waals surface area contributed by atoms with E-state index in [1.54, 1.807) is 0 Å². The zero-order valence-corrected chi connectivity index (χ0v) is 8.04. The predicted octanol–water partition coefficient (Wildman–Crippen LogP) is 1.70. The molecule has 1 aliphatic carbocycles. The van der Waals surface area contributed by atoms with Crippen molar-refractivity contribution in [3.05, 3.63) is 0 Å². The molecule has 0 spiro atoms. The largest absolute Gasteiger partial charge is 0.463 e. The first-order valence-electron chi connectivity index (χ1n) is 4.88. The fourth-order valence-corrected chi connectivity index (χ4v) is 1.81. The van der Waals surface area contributed by atoms with Gasteiger partial charge in [0.2, 0.25) is 5.78 Å². The smallest absolute Gasteiger partial charge is 0.374 e. The molecule has 1 fully saturated rings. The van der Waals surface area contributed by atoms with Gasteiger partial charge in [-0.2, -0.15) is 0 Å². The molecule has 0 heterocycles. The number of esters is 1. The average molecular weight is 184 g/mol. The van der Waals surface area contributed by atoms with Crippen LogP contribution < -0.4 is 0 Å². The van der Waals surface area contributed by atoms with Gasteiger partial charge in [-0.15, -0.1) is 0 Å². The van der Waals surface area contributed by atoms with Gasteiger partial charge in [-0.05, 0) is 12.8 Å². The van der Waals surface area contributed by atoms with Gasteiger partial charge in [-0.3, -0.25) is 4.79 Å². The molecule has 0 aromatic rings. The van der Waals surface area contributed by atoms with Gasteiger partial charge in [0.25, 0.3) is 0 Å². The molecule has 0 unspecified atom stereocenters. The van der Waals surface area contributed by atoms with Crippen molar-refractivity contribution in [2.75, 3.05) is 7.11 Å². The lowest BCUT2D eigenvalue weighted by Crippen LogP contribution is -2.24. The fraction of sp³-hybridized carbons (Fsp3) is 0.800. The zero-order chi connectivity index (χ0) is 9.68. The Balaban J connectivity index is 2.48. The van der Waals surface area contributed by atoms with Crippen molar-refractivity contribution in [1.82, 2.24) is 0 Å². The predicted molar refractivity (Wildman–Crippen MR) is 48.2 cm³/mol. The molecule has 0 atom stereocenters. The summed E-state index contributed by atoms with van der Waals surface area (Å²) in [6.07, 6.45) is 6.21. The quantitative estimate of drug-likeness (QED) is 0.372. The van der Waals surface area contributed by atoms with Crippen molar-refractivity contribution in [1.29, 1.82) is 0 Å². The Hall–Kier alpha value is -0.860. The van der Waals surface area contributed by atoms with Crippen molar-refractivity contribution in [2.24, 2.45) is 5.92 Å². The maximum atomic E-state index is 11.4. The maximum absolute atomic E-state index is 11.4. The molecule has 3 heteroatoms. The number of hydrogen-bond acceptors (Lipinski definition) is 3. The third-order valence-electron chi connectivity index (χ3n) is 2.61. The van der Waals surface area contributed by atoms with Crippen LogP contribution in [0.25, 0.3) is 0 Å². The van der Waals surface area contributed by atoms with Crippen LogP contribution >= 0.6 is 0 Å². The number of ketones is 1. The standard InChI is InChI=1S/C10H16O3/c1-13-10(12)9(11)8-6-4-2-3-5-7-8/h8H,2-7H2,1H3. The third kappa shape index (κ3) is 2.83. The summed E-state index contributed by atoms with van der Waals surface area (Å²) in [5.74, 6) is -1.08. The van der Waals surface area contributed by atoms with Crippen molar-refractivity contribution in [3.8, 4) is 0 Å². The summed E-state index contributed by atoms with van der Waals surface area (Å²) in [6.45, 7) is 0. The summed E-state index contributed by atoms with van der Waals surface area (Å²) in [6, 6.07) is 0. The first kappa shape index (κ1) is 10.2. The lowest BCUT2D eigenvalue weighted by molar-refractivity contribution is -0.153. The molecule has 0 radical (unpaired) electrons. The summed E-state index contributed by atoms with van der Waals surface area (Å²) in [5, 5.41) is 0. The van der Waals surface area contributed by atoms with Gasteiger partial charge in [0, 0.05) is 5.92 Å². The lowest BCUT2D eigenvalue weighted by Gasteiger charge is -2.09. The zero-order valence-electron chi connectivity index (χ0n) is 8.04. The summed E-state index contributed by atoms with van der Waals surface area (Å²) >= 11 is 0. The van der Waals surface area contributed by atoms with Gasteiger partial charge < -0.3 is 4.74 Å². The van der Waals surface area contributed by atoms with Gasteiger partial charge in [-0.25, -0.2) is 4.79 Å². The summed E-state index contributed by atoms with van der Waals surface area (Å²) in [5.41, 5.74) is 0. The van der Waals surface area contributed by atoms with Gasteiger partial charge in [0.05, 0.1) is 7.11 Å². The van der Waals surface area contributed by atoms with Gasteiger partial charge >= 0.3 is 5.97 Å². The van der Waals surface area contributed by atoms with Crippen LogP contribution in [-0.2, 0) is 14.3 Å². The Morgan fingerprint density at radius 1 is 1.08 bits per heavy atom. The highest BCUT2D eigenvalue weighted by Gasteiger charge is 2.26. The number of methoxy groups -OCH3 is 1. The fourth-order valence-electron chi connectivity index (χ4n) is 1.81. The highest BCUT2D eigenvalue weighted by Crippen LogP contribution is 2.23. The monoisotopic (exact) mass is 184 g/mol. The number of carbonyl (C=O) groups excluding carboxylic acids is 2. The molecule has 0 amide bonds. The number of carbonyl (C=O) groups is 2. The highest BCUT2D eigenvalue weighted by molar-refractivity contribution is 6.34. The minimum atomic E-state index is -0.674. The van der Waals surface area contributed by atoms with Crippen molar-refractivity contribution in [2.45, 2.75) is 38.5 Å². The van der Waals surface area contributed by atoms with E-state index in [1.165, 1.54) is 20.0 Å². The molecule has 1 rings (SSSR count). The van der Waals surface area contributed by atoms with E-state index in [2.05, 4.69) is 4.74 Å². The Kier molecular flexibility index (Phi) is 3.93. The SMILES string of the molecule is COC(=O)C(=O)C1CCCCCC1. The van der Waals surface area contributed by atoms with Crippen LogP contribution in [0, 0.1) is 5.92 Å². The minimum absolute atomic E-state index is 0.0741. The Morgan fingerprint density at radius 3 is 2.08 bits per heavy atom. The second kappa shape index (κ2) is 5.00. The molecule has 3 nitrogen and oxygen atoms in total. The molecule has 13 heavy (non-hydrogen) atoms. The second-order valence-electron chi connectivity index (χ2n) is 3.54. The molecule has 1 saturated carbocycles. The first-order chi connectivity index (χ1) is 6.25. The Labute approximate surface area is 78.5 Å². The van der Waals surface area contributed by atoms with Crippen LogP contribution in [0.4, 0.5) is 0 Å². The maximum Gasteiger partial charge on any atom is 0.374 e. The molecule has 0 saturated heterocycles. The molecular weight excluding hydrogens is 168 g/mol. The van der Waals surface area contributed by atoms with E-state index in [4.69, 9.17) is 0 Å². The number of rotatable bonds is 2. The average Bonchev–Trinajstić information content (AvgIpc) is 2.43.